The predicted molar refractivity (Wildman–Crippen MR) is 107 cm³/mol. The van der Waals surface area contributed by atoms with Crippen molar-refractivity contribution in [1.82, 2.24) is 9.80 Å². The molecule has 1 amide bonds. The third-order valence-corrected chi connectivity index (χ3v) is 5.43. The van der Waals surface area contributed by atoms with E-state index in [1.54, 1.807) is 0 Å². The lowest BCUT2D eigenvalue weighted by Gasteiger charge is -2.26. The lowest BCUT2D eigenvalue weighted by molar-refractivity contribution is -0.134. The van der Waals surface area contributed by atoms with E-state index < -0.39 is 0 Å². The minimum absolute atomic E-state index is 0. The Morgan fingerprint density at radius 2 is 1.80 bits per heavy atom. The molecule has 3 rings (SSSR count). The van der Waals surface area contributed by atoms with Crippen LogP contribution in [0.3, 0.4) is 0 Å². The minimum atomic E-state index is -0.221. The highest BCUT2D eigenvalue weighted by atomic mass is 35.5. The molecule has 3 unspecified atom stereocenters. The van der Waals surface area contributed by atoms with Gasteiger partial charge in [-0.15, -0.1) is 24.8 Å². The van der Waals surface area contributed by atoms with Crippen LogP contribution in [0.5, 0.6) is 0 Å². The first-order valence-electron chi connectivity index (χ1n) is 8.97. The number of rotatable bonds is 5. The number of hydrogen-bond donors (Lipinski definition) is 1. The van der Waals surface area contributed by atoms with Crippen LogP contribution in [0.15, 0.2) is 30.3 Å². The van der Waals surface area contributed by atoms with E-state index in [0.717, 1.165) is 31.6 Å². The van der Waals surface area contributed by atoms with Crippen molar-refractivity contribution in [2.75, 3.05) is 32.7 Å². The van der Waals surface area contributed by atoms with Crippen LogP contribution >= 0.6 is 24.8 Å². The molecule has 3 atom stereocenters. The predicted octanol–water partition coefficient (Wildman–Crippen LogP) is 3.11. The molecule has 1 aromatic rings. The number of benzene rings is 1. The normalized spacial score (nSPS) is 22.8. The van der Waals surface area contributed by atoms with Crippen LogP contribution in [0.4, 0.5) is 0 Å². The van der Waals surface area contributed by atoms with Gasteiger partial charge in [0.25, 0.3) is 0 Å². The summed E-state index contributed by atoms with van der Waals surface area (Å²) in [5.41, 5.74) is 7.36. The SMILES string of the molecule is CC(C(=O)N1CCC(CN2CCCC2)C1)C(N)c1ccccc1.Cl.Cl. The molecule has 142 valence electrons. The average Bonchev–Trinajstić information content (AvgIpc) is 3.26. The van der Waals surface area contributed by atoms with Gasteiger partial charge < -0.3 is 15.5 Å². The maximum atomic E-state index is 12.8. The van der Waals surface area contributed by atoms with E-state index in [1.807, 2.05) is 42.2 Å². The maximum absolute atomic E-state index is 12.8. The van der Waals surface area contributed by atoms with Crippen molar-refractivity contribution in [2.24, 2.45) is 17.6 Å². The first kappa shape index (κ1) is 22.2. The zero-order valence-electron chi connectivity index (χ0n) is 15.0. The van der Waals surface area contributed by atoms with Crippen LogP contribution in [0.1, 0.15) is 37.8 Å². The van der Waals surface area contributed by atoms with E-state index in [2.05, 4.69) is 4.90 Å². The van der Waals surface area contributed by atoms with Gasteiger partial charge in [0.1, 0.15) is 0 Å². The Balaban J connectivity index is 0.00000156. The smallest absolute Gasteiger partial charge is 0.227 e. The Hall–Kier alpha value is -0.810. The highest BCUT2D eigenvalue weighted by Gasteiger charge is 2.32. The zero-order valence-corrected chi connectivity index (χ0v) is 16.6. The van der Waals surface area contributed by atoms with Crippen molar-refractivity contribution < 1.29 is 4.79 Å². The van der Waals surface area contributed by atoms with E-state index in [-0.39, 0.29) is 42.7 Å². The third-order valence-electron chi connectivity index (χ3n) is 5.43. The van der Waals surface area contributed by atoms with Crippen molar-refractivity contribution in [3.8, 4) is 0 Å². The molecule has 1 aromatic carbocycles. The van der Waals surface area contributed by atoms with Crippen LogP contribution in [-0.4, -0.2) is 48.4 Å². The summed E-state index contributed by atoms with van der Waals surface area (Å²) < 4.78 is 0. The highest BCUT2D eigenvalue weighted by molar-refractivity contribution is 5.85. The molecule has 2 saturated heterocycles. The van der Waals surface area contributed by atoms with Gasteiger partial charge in [0.05, 0.1) is 5.92 Å². The average molecular weight is 388 g/mol. The standard InChI is InChI=1S/C19H29N3O.2ClH/c1-15(18(20)17-7-3-2-4-8-17)19(23)22-12-9-16(14-22)13-21-10-5-6-11-21;;/h2-4,7-8,15-16,18H,5-6,9-14,20H2,1H3;2*1H. The number of amides is 1. The molecule has 2 heterocycles. The second kappa shape index (κ2) is 10.4. The zero-order chi connectivity index (χ0) is 16.2. The van der Waals surface area contributed by atoms with Gasteiger partial charge in [-0.3, -0.25) is 4.79 Å². The molecule has 0 spiro atoms. The summed E-state index contributed by atoms with van der Waals surface area (Å²) in [6.45, 7) is 7.39. The number of halogens is 2. The largest absolute Gasteiger partial charge is 0.342 e. The second-order valence-electron chi connectivity index (χ2n) is 7.17. The van der Waals surface area contributed by atoms with Crippen LogP contribution < -0.4 is 5.73 Å². The fourth-order valence-electron chi connectivity index (χ4n) is 3.92. The molecule has 0 radical (unpaired) electrons. The topological polar surface area (TPSA) is 49.6 Å². The number of nitrogens with two attached hydrogens (primary N) is 1. The minimum Gasteiger partial charge on any atom is -0.342 e. The van der Waals surface area contributed by atoms with Crippen LogP contribution in [0.25, 0.3) is 0 Å². The molecular weight excluding hydrogens is 357 g/mol. The van der Waals surface area contributed by atoms with E-state index in [1.165, 1.54) is 25.9 Å². The number of nitrogens with zero attached hydrogens (tertiary/aromatic N) is 2. The summed E-state index contributed by atoms with van der Waals surface area (Å²) in [6, 6.07) is 9.74. The summed E-state index contributed by atoms with van der Waals surface area (Å²) in [4.78, 5) is 17.4. The molecule has 0 aliphatic carbocycles. The number of hydrogen-bond acceptors (Lipinski definition) is 3. The Bertz CT molecular complexity index is 523. The molecule has 0 aromatic heterocycles. The van der Waals surface area contributed by atoms with E-state index in [4.69, 9.17) is 5.73 Å². The van der Waals surface area contributed by atoms with Gasteiger partial charge in [0.2, 0.25) is 5.91 Å². The molecule has 6 heteroatoms. The molecule has 0 saturated carbocycles. The second-order valence-corrected chi connectivity index (χ2v) is 7.17. The van der Waals surface area contributed by atoms with Gasteiger partial charge in [-0.25, -0.2) is 0 Å². The molecule has 4 nitrogen and oxygen atoms in total. The van der Waals surface area contributed by atoms with Crippen molar-refractivity contribution in [2.45, 2.75) is 32.2 Å². The van der Waals surface area contributed by atoms with Gasteiger partial charge in [-0.2, -0.15) is 0 Å². The van der Waals surface area contributed by atoms with Crippen molar-refractivity contribution in [1.29, 1.82) is 0 Å². The third kappa shape index (κ3) is 5.58. The summed E-state index contributed by atoms with van der Waals surface area (Å²) in [5, 5.41) is 0. The van der Waals surface area contributed by atoms with Gasteiger partial charge in [-0.1, -0.05) is 37.3 Å². The fourth-order valence-corrected chi connectivity index (χ4v) is 3.92. The van der Waals surface area contributed by atoms with Crippen LogP contribution in [0.2, 0.25) is 0 Å². The van der Waals surface area contributed by atoms with Crippen LogP contribution in [-0.2, 0) is 4.79 Å². The molecule has 2 aliphatic heterocycles. The summed E-state index contributed by atoms with van der Waals surface area (Å²) in [5.74, 6) is 0.686. The maximum Gasteiger partial charge on any atom is 0.227 e. The van der Waals surface area contributed by atoms with Gasteiger partial charge in [-0.05, 0) is 43.8 Å². The quantitative estimate of drug-likeness (QED) is 0.843. The summed E-state index contributed by atoms with van der Waals surface area (Å²) in [6.07, 6.45) is 3.80. The van der Waals surface area contributed by atoms with E-state index >= 15 is 0 Å². The van der Waals surface area contributed by atoms with Gasteiger partial charge in [0, 0.05) is 25.7 Å². The fraction of sp³-hybridized carbons (Fsp3) is 0.632. The lowest BCUT2D eigenvalue weighted by atomic mass is 9.94. The van der Waals surface area contributed by atoms with Gasteiger partial charge in [0.15, 0.2) is 0 Å². The monoisotopic (exact) mass is 387 g/mol. The molecule has 2 fully saturated rings. The number of carbonyl (C=O) groups excluding carboxylic acids is 1. The van der Waals surface area contributed by atoms with Crippen molar-refractivity contribution in [3.63, 3.8) is 0 Å². The van der Waals surface area contributed by atoms with Crippen molar-refractivity contribution in [3.05, 3.63) is 35.9 Å². The Labute approximate surface area is 163 Å². The lowest BCUT2D eigenvalue weighted by Crippen LogP contribution is -2.38. The molecule has 2 N–H and O–H groups in total. The molecule has 0 bridgehead atoms. The highest BCUT2D eigenvalue weighted by Crippen LogP contribution is 2.25. The first-order valence-corrected chi connectivity index (χ1v) is 8.97. The summed E-state index contributed by atoms with van der Waals surface area (Å²) in [7, 11) is 0. The first-order chi connectivity index (χ1) is 11.1. The number of likely N-dealkylation sites (tertiary alicyclic amines) is 2. The number of carbonyl (C=O) groups is 1. The van der Waals surface area contributed by atoms with Gasteiger partial charge >= 0.3 is 0 Å². The van der Waals surface area contributed by atoms with Crippen LogP contribution in [0, 0.1) is 11.8 Å². The van der Waals surface area contributed by atoms with Crippen molar-refractivity contribution >= 4 is 30.7 Å². The Morgan fingerprint density at radius 3 is 2.44 bits per heavy atom. The van der Waals surface area contributed by atoms with E-state index in [0.29, 0.717) is 5.92 Å². The molecule has 25 heavy (non-hydrogen) atoms. The molecule has 2 aliphatic rings. The molecular formula is C19H31Cl2N3O. The van der Waals surface area contributed by atoms with E-state index in [9.17, 15) is 4.79 Å². The summed E-state index contributed by atoms with van der Waals surface area (Å²) >= 11 is 0. The Morgan fingerprint density at radius 1 is 1.16 bits per heavy atom. The Kier molecular flexibility index (Phi) is 9.22.